The first kappa shape index (κ1) is 10.2. The van der Waals surface area contributed by atoms with Gasteiger partial charge in [0.25, 0.3) is 0 Å². The molecular weight excluding hydrogens is 166 g/mol. The van der Waals surface area contributed by atoms with Gasteiger partial charge in [0, 0.05) is 19.4 Å². The maximum atomic E-state index is 5.89. The minimum atomic E-state index is 0.125. The van der Waals surface area contributed by atoms with Gasteiger partial charge in [-0.25, -0.2) is 0 Å². The second-order valence-electron chi connectivity index (χ2n) is 3.81. The highest BCUT2D eigenvalue weighted by Crippen LogP contribution is 2.08. The lowest BCUT2D eigenvalue weighted by molar-refractivity contribution is 0.419. The van der Waals surface area contributed by atoms with Gasteiger partial charge in [-0.15, -0.1) is 10.2 Å². The Morgan fingerprint density at radius 1 is 1.38 bits per heavy atom. The first-order valence-electron chi connectivity index (χ1n) is 4.62. The smallest absolute Gasteiger partial charge is 0.218 e. The molecule has 4 nitrogen and oxygen atoms in total. The summed E-state index contributed by atoms with van der Waals surface area (Å²) in [5.41, 5.74) is 5.89. The summed E-state index contributed by atoms with van der Waals surface area (Å²) in [5, 5.41) is 7.64. The van der Waals surface area contributed by atoms with Crippen LogP contribution in [0.2, 0.25) is 0 Å². The quantitative estimate of drug-likeness (QED) is 0.764. The van der Waals surface area contributed by atoms with Crippen LogP contribution in [0, 0.1) is 12.8 Å². The van der Waals surface area contributed by atoms with Gasteiger partial charge in [0.05, 0.1) is 0 Å². The Hall–Kier alpha value is -0.900. The van der Waals surface area contributed by atoms with E-state index in [-0.39, 0.29) is 6.04 Å². The molecular formula is C9H17N3O. The van der Waals surface area contributed by atoms with E-state index in [0.29, 0.717) is 24.1 Å². The third-order valence-corrected chi connectivity index (χ3v) is 1.78. The van der Waals surface area contributed by atoms with E-state index >= 15 is 0 Å². The van der Waals surface area contributed by atoms with Crippen LogP contribution in [0.5, 0.6) is 0 Å². The molecule has 13 heavy (non-hydrogen) atoms. The lowest BCUT2D eigenvalue weighted by atomic mass is 10.0. The Morgan fingerprint density at radius 3 is 2.54 bits per heavy atom. The van der Waals surface area contributed by atoms with Crippen molar-refractivity contribution in [1.29, 1.82) is 0 Å². The van der Waals surface area contributed by atoms with Crippen LogP contribution in [0.25, 0.3) is 0 Å². The SMILES string of the molecule is Cc1nnc(C[C@@H](N)CC(C)C)o1. The molecule has 0 amide bonds. The second-order valence-corrected chi connectivity index (χ2v) is 3.81. The van der Waals surface area contributed by atoms with Crippen molar-refractivity contribution >= 4 is 0 Å². The fraction of sp³-hybridized carbons (Fsp3) is 0.778. The summed E-state index contributed by atoms with van der Waals surface area (Å²) in [5.74, 6) is 1.86. The number of aromatic nitrogens is 2. The van der Waals surface area contributed by atoms with Crippen LogP contribution in [-0.2, 0) is 6.42 Å². The molecule has 0 unspecified atom stereocenters. The van der Waals surface area contributed by atoms with Crippen molar-refractivity contribution in [2.45, 2.75) is 39.7 Å². The number of hydrogen-bond donors (Lipinski definition) is 1. The van der Waals surface area contributed by atoms with Crippen molar-refractivity contribution in [3.8, 4) is 0 Å². The van der Waals surface area contributed by atoms with Gasteiger partial charge in [0.2, 0.25) is 11.8 Å². The van der Waals surface area contributed by atoms with Crippen LogP contribution < -0.4 is 5.73 Å². The molecule has 0 aliphatic heterocycles. The highest BCUT2D eigenvalue weighted by atomic mass is 16.4. The number of nitrogens with zero attached hydrogens (tertiary/aromatic N) is 2. The van der Waals surface area contributed by atoms with Gasteiger partial charge in [-0.2, -0.15) is 0 Å². The lowest BCUT2D eigenvalue weighted by Gasteiger charge is -2.10. The Balaban J connectivity index is 2.40. The molecule has 0 fully saturated rings. The van der Waals surface area contributed by atoms with Gasteiger partial charge in [0.15, 0.2) is 0 Å². The van der Waals surface area contributed by atoms with E-state index in [0.717, 1.165) is 6.42 Å². The molecule has 0 bridgehead atoms. The van der Waals surface area contributed by atoms with E-state index in [1.807, 2.05) is 0 Å². The molecule has 0 aromatic carbocycles. The zero-order valence-corrected chi connectivity index (χ0v) is 8.45. The molecule has 4 heteroatoms. The third-order valence-electron chi connectivity index (χ3n) is 1.78. The second kappa shape index (κ2) is 4.37. The summed E-state index contributed by atoms with van der Waals surface area (Å²) >= 11 is 0. The van der Waals surface area contributed by atoms with Crippen molar-refractivity contribution < 1.29 is 4.42 Å². The van der Waals surface area contributed by atoms with Gasteiger partial charge in [-0.05, 0) is 12.3 Å². The van der Waals surface area contributed by atoms with Crippen molar-refractivity contribution in [1.82, 2.24) is 10.2 Å². The third kappa shape index (κ3) is 3.55. The standard InChI is InChI=1S/C9H17N3O/c1-6(2)4-8(10)5-9-12-11-7(3)13-9/h6,8H,4-5,10H2,1-3H3/t8-/m0/s1. The van der Waals surface area contributed by atoms with Crippen molar-refractivity contribution in [2.24, 2.45) is 11.7 Å². The molecule has 1 heterocycles. The summed E-state index contributed by atoms with van der Waals surface area (Å²) in [4.78, 5) is 0. The Kier molecular flexibility index (Phi) is 3.42. The number of nitrogens with two attached hydrogens (primary N) is 1. The van der Waals surface area contributed by atoms with Crippen molar-refractivity contribution in [3.63, 3.8) is 0 Å². The van der Waals surface area contributed by atoms with Gasteiger partial charge >= 0.3 is 0 Å². The van der Waals surface area contributed by atoms with Crippen LogP contribution in [0.1, 0.15) is 32.0 Å². The molecule has 1 aromatic heterocycles. The minimum Gasteiger partial charge on any atom is -0.426 e. The monoisotopic (exact) mass is 183 g/mol. The van der Waals surface area contributed by atoms with E-state index < -0.39 is 0 Å². The van der Waals surface area contributed by atoms with Crippen LogP contribution >= 0.6 is 0 Å². The first-order chi connectivity index (χ1) is 6.08. The fourth-order valence-electron chi connectivity index (χ4n) is 1.33. The molecule has 1 atom stereocenters. The molecule has 1 aromatic rings. The lowest BCUT2D eigenvalue weighted by Crippen LogP contribution is -2.24. The summed E-state index contributed by atoms with van der Waals surface area (Å²) in [6.45, 7) is 6.09. The predicted octanol–water partition coefficient (Wildman–Crippen LogP) is 1.29. The molecule has 0 aliphatic rings. The maximum absolute atomic E-state index is 5.89. The molecule has 0 spiro atoms. The van der Waals surface area contributed by atoms with Crippen molar-refractivity contribution in [2.75, 3.05) is 0 Å². The van der Waals surface area contributed by atoms with E-state index in [2.05, 4.69) is 24.0 Å². The Labute approximate surface area is 78.5 Å². The molecule has 0 saturated heterocycles. The van der Waals surface area contributed by atoms with Crippen LogP contribution in [0.15, 0.2) is 4.42 Å². The fourth-order valence-corrected chi connectivity index (χ4v) is 1.33. The van der Waals surface area contributed by atoms with Gasteiger partial charge in [-0.1, -0.05) is 13.8 Å². The summed E-state index contributed by atoms with van der Waals surface area (Å²) < 4.78 is 5.23. The number of aryl methyl sites for hydroxylation is 1. The molecule has 0 saturated carbocycles. The van der Waals surface area contributed by atoms with Gasteiger partial charge < -0.3 is 10.2 Å². The summed E-state index contributed by atoms with van der Waals surface area (Å²) in [7, 11) is 0. The van der Waals surface area contributed by atoms with Gasteiger partial charge in [-0.3, -0.25) is 0 Å². The number of hydrogen-bond acceptors (Lipinski definition) is 4. The van der Waals surface area contributed by atoms with Crippen LogP contribution in [-0.4, -0.2) is 16.2 Å². The van der Waals surface area contributed by atoms with Gasteiger partial charge in [0.1, 0.15) is 0 Å². The Morgan fingerprint density at radius 2 is 2.08 bits per heavy atom. The molecule has 0 radical (unpaired) electrons. The average Bonchev–Trinajstić information content (AvgIpc) is 2.33. The average molecular weight is 183 g/mol. The maximum Gasteiger partial charge on any atom is 0.218 e. The molecule has 74 valence electrons. The number of rotatable bonds is 4. The summed E-state index contributed by atoms with van der Waals surface area (Å²) in [6, 6.07) is 0.125. The highest BCUT2D eigenvalue weighted by molar-refractivity contribution is 4.83. The largest absolute Gasteiger partial charge is 0.426 e. The van der Waals surface area contributed by atoms with E-state index in [1.54, 1.807) is 6.92 Å². The molecule has 1 rings (SSSR count). The van der Waals surface area contributed by atoms with E-state index in [9.17, 15) is 0 Å². The predicted molar refractivity (Wildman–Crippen MR) is 50.2 cm³/mol. The zero-order chi connectivity index (χ0) is 9.84. The minimum absolute atomic E-state index is 0.125. The summed E-state index contributed by atoms with van der Waals surface area (Å²) in [6.07, 6.45) is 1.67. The highest BCUT2D eigenvalue weighted by Gasteiger charge is 2.10. The van der Waals surface area contributed by atoms with Crippen molar-refractivity contribution in [3.05, 3.63) is 11.8 Å². The molecule has 2 N–H and O–H groups in total. The topological polar surface area (TPSA) is 64.9 Å². The van der Waals surface area contributed by atoms with E-state index in [1.165, 1.54) is 0 Å². The van der Waals surface area contributed by atoms with E-state index in [4.69, 9.17) is 10.2 Å². The molecule has 0 aliphatic carbocycles. The zero-order valence-electron chi connectivity index (χ0n) is 8.45. The first-order valence-corrected chi connectivity index (χ1v) is 4.62. The Bertz CT molecular complexity index is 257. The van der Waals surface area contributed by atoms with Crippen LogP contribution in [0.4, 0.5) is 0 Å². The van der Waals surface area contributed by atoms with Crippen LogP contribution in [0.3, 0.4) is 0 Å². The normalized spacial score (nSPS) is 13.6.